The van der Waals surface area contributed by atoms with Crippen LogP contribution in [0.4, 0.5) is 13.2 Å². The lowest BCUT2D eigenvalue weighted by molar-refractivity contribution is -0.120. The van der Waals surface area contributed by atoms with Crippen LogP contribution >= 0.6 is 11.8 Å². The number of hydrogen-bond donors (Lipinski definition) is 1. The molecule has 0 aliphatic heterocycles. The van der Waals surface area contributed by atoms with E-state index < -0.39 is 11.1 Å². The zero-order valence-corrected chi connectivity index (χ0v) is 18.3. The summed E-state index contributed by atoms with van der Waals surface area (Å²) in [7, 11) is 0. The number of nitrogens with zero attached hydrogens (tertiary/aromatic N) is 3. The van der Waals surface area contributed by atoms with Crippen molar-refractivity contribution < 1.29 is 18.0 Å². The third kappa shape index (κ3) is 5.43. The highest BCUT2D eigenvalue weighted by molar-refractivity contribution is 8.00. The molecular formula is C24H19F3N4OS. The quantitative estimate of drug-likeness (QED) is 0.381. The third-order valence-corrected chi connectivity index (χ3v) is 5.89. The number of nitrogens with one attached hydrogen (secondary N) is 1. The van der Waals surface area contributed by atoms with Crippen molar-refractivity contribution in [2.24, 2.45) is 0 Å². The molecule has 4 aromatic rings. The Kier molecular flexibility index (Phi) is 6.79. The van der Waals surface area contributed by atoms with Gasteiger partial charge in [-0.15, -0.1) is 10.2 Å². The molecule has 1 unspecified atom stereocenters. The first-order valence-corrected chi connectivity index (χ1v) is 10.9. The predicted molar refractivity (Wildman–Crippen MR) is 120 cm³/mol. The standard InChI is InChI=1S/C24H19F3N4OS/c1-15(23(32)28-14-16-2-6-18(25)7-3-16)33-24-30-29-22(17-4-8-19(26)9-5-17)31(24)21-12-10-20(27)11-13-21/h2-13,15H,14H2,1H3,(H,28,32). The second-order valence-electron chi connectivity index (χ2n) is 7.23. The van der Waals surface area contributed by atoms with Crippen LogP contribution in [0.1, 0.15) is 12.5 Å². The van der Waals surface area contributed by atoms with E-state index in [1.165, 1.54) is 48.2 Å². The summed E-state index contributed by atoms with van der Waals surface area (Å²) < 4.78 is 41.6. The minimum absolute atomic E-state index is 0.235. The lowest BCUT2D eigenvalue weighted by Gasteiger charge is -2.14. The summed E-state index contributed by atoms with van der Waals surface area (Å²) in [6, 6.07) is 17.5. The molecule has 3 aromatic carbocycles. The van der Waals surface area contributed by atoms with Crippen LogP contribution in [0.15, 0.2) is 78.0 Å². The number of amides is 1. The molecule has 0 saturated carbocycles. The number of benzene rings is 3. The molecule has 5 nitrogen and oxygen atoms in total. The average Bonchev–Trinajstić information content (AvgIpc) is 3.22. The predicted octanol–water partition coefficient (Wildman–Crippen LogP) is 5.15. The van der Waals surface area contributed by atoms with Crippen LogP contribution in [-0.2, 0) is 11.3 Å². The van der Waals surface area contributed by atoms with Gasteiger partial charge in [-0.2, -0.15) is 0 Å². The maximum atomic E-state index is 13.5. The topological polar surface area (TPSA) is 59.8 Å². The highest BCUT2D eigenvalue weighted by Crippen LogP contribution is 2.30. The van der Waals surface area contributed by atoms with Crippen molar-refractivity contribution in [2.45, 2.75) is 23.9 Å². The molecule has 0 aliphatic rings. The van der Waals surface area contributed by atoms with E-state index in [0.29, 0.717) is 22.2 Å². The van der Waals surface area contributed by atoms with E-state index >= 15 is 0 Å². The molecule has 1 amide bonds. The average molecular weight is 469 g/mol. The Morgan fingerprint density at radius 2 is 1.42 bits per heavy atom. The smallest absolute Gasteiger partial charge is 0.233 e. The van der Waals surface area contributed by atoms with Crippen molar-refractivity contribution >= 4 is 17.7 Å². The Morgan fingerprint density at radius 1 is 0.879 bits per heavy atom. The first-order chi connectivity index (χ1) is 15.9. The number of thioether (sulfide) groups is 1. The maximum absolute atomic E-state index is 13.5. The maximum Gasteiger partial charge on any atom is 0.233 e. The van der Waals surface area contributed by atoms with Gasteiger partial charge in [0.1, 0.15) is 17.5 Å². The number of hydrogen-bond acceptors (Lipinski definition) is 4. The number of rotatable bonds is 7. The minimum atomic E-state index is -0.532. The second kappa shape index (κ2) is 9.91. The largest absolute Gasteiger partial charge is 0.351 e. The zero-order valence-electron chi connectivity index (χ0n) is 17.5. The molecule has 0 aliphatic carbocycles. The van der Waals surface area contributed by atoms with E-state index in [1.54, 1.807) is 47.9 Å². The molecule has 1 heterocycles. The summed E-state index contributed by atoms with van der Waals surface area (Å²) in [6.45, 7) is 1.99. The molecule has 4 rings (SSSR count). The summed E-state index contributed by atoms with van der Waals surface area (Å²) in [5, 5.41) is 11.2. The molecule has 1 atom stereocenters. The number of halogens is 3. The molecule has 0 bridgehead atoms. The van der Waals surface area contributed by atoms with Gasteiger partial charge in [-0.25, -0.2) is 13.2 Å². The molecule has 1 N–H and O–H groups in total. The fourth-order valence-electron chi connectivity index (χ4n) is 3.10. The Balaban J connectivity index is 1.57. The van der Waals surface area contributed by atoms with Gasteiger partial charge < -0.3 is 5.32 Å². The van der Waals surface area contributed by atoms with Crippen LogP contribution in [0.2, 0.25) is 0 Å². The zero-order chi connectivity index (χ0) is 23.4. The van der Waals surface area contributed by atoms with E-state index in [9.17, 15) is 18.0 Å². The molecule has 168 valence electrons. The van der Waals surface area contributed by atoms with Crippen molar-refractivity contribution in [3.8, 4) is 17.1 Å². The highest BCUT2D eigenvalue weighted by Gasteiger charge is 2.22. The molecule has 0 radical (unpaired) electrons. The van der Waals surface area contributed by atoms with Crippen molar-refractivity contribution in [2.75, 3.05) is 0 Å². The molecule has 0 spiro atoms. The van der Waals surface area contributed by atoms with Crippen LogP contribution < -0.4 is 5.32 Å². The molecule has 9 heteroatoms. The normalized spacial score (nSPS) is 11.9. The lowest BCUT2D eigenvalue weighted by Crippen LogP contribution is -2.30. The Hall–Kier alpha value is -3.59. The first-order valence-electron chi connectivity index (χ1n) is 10.1. The van der Waals surface area contributed by atoms with Gasteiger partial charge in [0.15, 0.2) is 11.0 Å². The first kappa shape index (κ1) is 22.6. The molecular weight excluding hydrogens is 449 g/mol. The number of carbonyl (C=O) groups excluding carboxylic acids is 1. The highest BCUT2D eigenvalue weighted by atomic mass is 32.2. The van der Waals surface area contributed by atoms with Crippen molar-refractivity contribution in [1.29, 1.82) is 0 Å². The third-order valence-electron chi connectivity index (χ3n) is 4.85. The van der Waals surface area contributed by atoms with Gasteiger partial charge >= 0.3 is 0 Å². The number of aromatic nitrogens is 3. The second-order valence-corrected chi connectivity index (χ2v) is 8.54. The SMILES string of the molecule is CC(Sc1nnc(-c2ccc(F)cc2)n1-c1ccc(F)cc1)C(=O)NCc1ccc(F)cc1. The Labute approximate surface area is 192 Å². The van der Waals surface area contributed by atoms with Gasteiger partial charge in [-0.1, -0.05) is 23.9 Å². The molecule has 0 saturated heterocycles. The number of carbonyl (C=O) groups is 1. The lowest BCUT2D eigenvalue weighted by atomic mass is 10.2. The van der Waals surface area contributed by atoms with Crippen molar-refractivity contribution in [3.63, 3.8) is 0 Å². The van der Waals surface area contributed by atoms with E-state index in [0.717, 1.165) is 5.56 Å². The minimum Gasteiger partial charge on any atom is -0.351 e. The summed E-state index contributed by atoms with van der Waals surface area (Å²) in [5.41, 5.74) is 1.99. The van der Waals surface area contributed by atoms with Gasteiger partial charge in [0.25, 0.3) is 0 Å². The van der Waals surface area contributed by atoms with Gasteiger partial charge in [0.2, 0.25) is 5.91 Å². The monoisotopic (exact) mass is 468 g/mol. The van der Waals surface area contributed by atoms with Crippen LogP contribution in [-0.4, -0.2) is 25.9 Å². The summed E-state index contributed by atoms with van der Waals surface area (Å²) in [4.78, 5) is 12.6. The van der Waals surface area contributed by atoms with E-state index in [2.05, 4.69) is 15.5 Å². The fourth-order valence-corrected chi connectivity index (χ4v) is 3.99. The summed E-state index contributed by atoms with van der Waals surface area (Å²) in [6.07, 6.45) is 0. The van der Waals surface area contributed by atoms with Crippen LogP contribution in [0.3, 0.4) is 0 Å². The van der Waals surface area contributed by atoms with Crippen LogP contribution in [0, 0.1) is 17.5 Å². The summed E-state index contributed by atoms with van der Waals surface area (Å²) >= 11 is 1.18. The van der Waals surface area contributed by atoms with Crippen molar-refractivity contribution in [1.82, 2.24) is 20.1 Å². The van der Waals surface area contributed by atoms with E-state index in [1.807, 2.05) is 0 Å². The van der Waals surface area contributed by atoms with Gasteiger partial charge in [0, 0.05) is 17.8 Å². The van der Waals surface area contributed by atoms with Crippen LogP contribution in [0.25, 0.3) is 17.1 Å². The molecule has 1 aromatic heterocycles. The molecule has 0 fully saturated rings. The summed E-state index contributed by atoms with van der Waals surface area (Å²) in [5.74, 6) is -0.916. The van der Waals surface area contributed by atoms with Crippen molar-refractivity contribution in [3.05, 3.63) is 95.8 Å². The Bertz CT molecular complexity index is 1240. The van der Waals surface area contributed by atoms with Crippen LogP contribution in [0.5, 0.6) is 0 Å². The molecule has 33 heavy (non-hydrogen) atoms. The van der Waals surface area contributed by atoms with Gasteiger partial charge in [0.05, 0.1) is 5.25 Å². The van der Waals surface area contributed by atoms with Gasteiger partial charge in [-0.05, 0) is 73.2 Å². The fraction of sp³-hybridized carbons (Fsp3) is 0.125. The van der Waals surface area contributed by atoms with Gasteiger partial charge in [-0.3, -0.25) is 9.36 Å². The Morgan fingerprint density at radius 3 is 2.03 bits per heavy atom. The van der Waals surface area contributed by atoms with E-state index in [4.69, 9.17) is 0 Å². The van der Waals surface area contributed by atoms with E-state index in [-0.39, 0.29) is 24.1 Å².